The van der Waals surface area contributed by atoms with Crippen molar-refractivity contribution in [2.45, 2.75) is 199 Å². The Labute approximate surface area is 318 Å². The predicted molar refractivity (Wildman–Crippen MR) is 198 cm³/mol. The Bertz CT molecular complexity index is 1230. The van der Waals surface area contributed by atoms with Crippen molar-refractivity contribution in [1.29, 1.82) is 0 Å². The summed E-state index contributed by atoms with van der Waals surface area (Å²) in [6, 6.07) is -0.219. The van der Waals surface area contributed by atoms with Crippen molar-refractivity contribution in [2.75, 3.05) is 20.7 Å². The summed E-state index contributed by atoms with van der Waals surface area (Å²) in [5, 5.41) is 58.2. The topological polar surface area (TPSA) is 169 Å². The summed E-state index contributed by atoms with van der Waals surface area (Å²) >= 11 is 0. The van der Waals surface area contributed by atoms with Crippen molar-refractivity contribution in [3.63, 3.8) is 0 Å². The largest absolute Gasteiger partial charge is 0.489 e. The molecule has 1 unspecified atom stereocenters. The van der Waals surface area contributed by atoms with E-state index in [2.05, 4.69) is 18.7 Å². The number of hydrogen-bond donors (Lipinski definition) is 5. The molecule has 4 rings (SSSR count). The summed E-state index contributed by atoms with van der Waals surface area (Å²) in [7, 11) is 3.56. The number of rotatable bonds is 9. The second kappa shape index (κ2) is 17.3. The first kappa shape index (κ1) is 44.8. The molecule has 0 aromatic carbocycles. The molecular weight excluding hydrogens is 686 g/mol. The number of fused-ring (bicyclic) bond motifs is 2. The highest BCUT2D eigenvalue weighted by Crippen LogP contribution is 2.47. The molecular formula is C40H73NO12. The fourth-order valence-corrected chi connectivity index (χ4v) is 9.50. The van der Waals surface area contributed by atoms with E-state index in [-0.39, 0.29) is 18.6 Å². The van der Waals surface area contributed by atoms with E-state index in [4.69, 9.17) is 33.2 Å². The van der Waals surface area contributed by atoms with Crippen LogP contribution in [0.4, 0.5) is 0 Å². The van der Waals surface area contributed by atoms with Gasteiger partial charge in [0.1, 0.15) is 35.3 Å². The van der Waals surface area contributed by atoms with E-state index in [1.54, 1.807) is 21.0 Å². The standard InChI is InChI=1S/C40H73NO12/c1-15-28-40(12,46)33(43)23(6)31-21(4)17-39(11,53-31)35(52-37-30(42)27(16-22(5)48-37)41(13)19-20(2)3)24(7)32(25(8)36(45)50-28)51-29-18-38(10,47-14)34(44)26(9)49-29/h20,22-30,32-37,42-46H,15-19H2,1-14H3/t22-,23+,24+,25-,26+,27+,28-,29+,30-,32+,33-,34+,35-,36?,37+,38-,39+,40-/m1/s1. The molecule has 0 aromatic heterocycles. The Morgan fingerprint density at radius 2 is 1.57 bits per heavy atom. The van der Waals surface area contributed by atoms with Gasteiger partial charge in [0.25, 0.3) is 0 Å². The van der Waals surface area contributed by atoms with E-state index in [0.717, 1.165) is 12.1 Å². The van der Waals surface area contributed by atoms with Gasteiger partial charge in [0.15, 0.2) is 18.9 Å². The fourth-order valence-electron chi connectivity index (χ4n) is 9.50. The fraction of sp³-hybridized carbons (Fsp3) is 0.950. The molecule has 0 radical (unpaired) electrons. The van der Waals surface area contributed by atoms with E-state index >= 15 is 0 Å². The van der Waals surface area contributed by atoms with Gasteiger partial charge in [-0.2, -0.15) is 0 Å². The van der Waals surface area contributed by atoms with Crippen LogP contribution in [0.5, 0.6) is 0 Å². The lowest BCUT2D eigenvalue weighted by molar-refractivity contribution is -0.325. The Hall–Kier alpha value is -0.940. The van der Waals surface area contributed by atoms with Gasteiger partial charge in [0.05, 0.1) is 36.1 Å². The first-order valence-electron chi connectivity index (χ1n) is 19.9. The van der Waals surface area contributed by atoms with Crippen molar-refractivity contribution < 1.29 is 58.7 Å². The van der Waals surface area contributed by atoms with Crippen molar-refractivity contribution in [3.05, 3.63) is 11.3 Å². The lowest BCUT2D eigenvalue weighted by Crippen LogP contribution is -2.60. The molecule has 0 spiro atoms. The molecule has 3 fully saturated rings. The van der Waals surface area contributed by atoms with E-state index in [9.17, 15) is 25.5 Å². The molecule has 3 saturated heterocycles. The molecule has 4 heterocycles. The lowest BCUT2D eigenvalue weighted by Gasteiger charge is -2.49. The Kier molecular flexibility index (Phi) is 14.6. The first-order chi connectivity index (χ1) is 24.5. The van der Waals surface area contributed by atoms with E-state index in [1.165, 1.54) is 6.92 Å². The van der Waals surface area contributed by atoms with Crippen LogP contribution in [0.3, 0.4) is 0 Å². The summed E-state index contributed by atoms with van der Waals surface area (Å²) in [6.45, 7) is 23.5. The van der Waals surface area contributed by atoms with E-state index in [0.29, 0.717) is 30.9 Å². The van der Waals surface area contributed by atoms with E-state index < -0.39 is 96.2 Å². The van der Waals surface area contributed by atoms with Crippen molar-refractivity contribution >= 4 is 0 Å². The maximum atomic E-state index is 11.9. The normalized spacial score (nSPS) is 49.0. The SMILES string of the molecule is CC[C@H]1OC(O)[C@H](C)[C@@H](O[C@H]2C[C@@](C)(OC)[C@@H](O)[C@H](C)O2)[C@H](C)[C@@H](O[C@@H]2O[C@H](C)C[C@H](N(C)CC(C)C)[C@H]2O)[C@]2(C)CC(C)=C(O2)[C@H](C)[C@@H](O)[C@]1(C)O. The Balaban J connectivity index is 1.83. The van der Waals surface area contributed by atoms with Crippen LogP contribution in [-0.2, 0) is 33.2 Å². The van der Waals surface area contributed by atoms with Gasteiger partial charge in [-0.25, -0.2) is 0 Å². The van der Waals surface area contributed by atoms with Gasteiger partial charge in [-0.1, -0.05) is 41.5 Å². The molecule has 53 heavy (non-hydrogen) atoms. The van der Waals surface area contributed by atoms with Gasteiger partial charge in [-0.05, 0) is 72.9 Å². The predicted octanol–water partition coefficient (Wildman–Crippen LogP) is 3.71. The third-order valence-corrected chi connectivity index (χ3v) is 12.7. The number of nitrogens with zero attached hydrogens (tertiary/aromatic N) is 1. The summed E-state index contributed by atoms with van der Waals surface area (Å²) in [6.07, 6.45) is -8.33. The Morgan fingerprint density at radius 1 is 0.925 bits per heavy atom. The zero-order valence-corrected chi connectivity index (χ0v) is 34.8. The molecule has 310 valence electrons. The molecule has 0 saturated carbocycles. The minimum atomic E-state index is -1.76. The van der Waals surface area contributed by atoms with Crippen LogP contribution in [0, 0.1) is 23.7 Å². The highest BCUT2D eigenvalue weighted by Gasteiger charge is 2.56. The second-order valence-corrected chi connectivity index (χ2v) is 17.9. The molecule has 18 atom stereocenters. The minimum absolute atomic E-state index is 0.202. The number of aliphatic hydroxyl groups excluding tert-OH is 4. The molecule has 0 aliphatic carbocycles. The second-order valence-electron chi connectivity index (χ2n) is 17.9. The van der Waals surface area contributed by atoms with Gasteiger partial charge in [-0.15, -0.1) is 0 Å². The van der Waals surface area contributed by atoms with Crippen LogP contribution in [0.1, 0.15) is 109 Å². The molecule has 0 amide bonds. The maximum absolute atomic E-state index is 11.9. The quantitative estimate of drug-likeness (QED) is 0.231. The molecule has 5 N–H and O–H groups in total. The molecule has 0 aromatic rings. The van der Waals surface area contributed by atoms with Gasteiger partial charge < -0.3 is 63.6 Å². The van der Waals surface area contributed by atoms with Crippen LogP contribution >= 0.6 is 0 Å². The zero-order valence-electron chi connectivity index (χ0n) is 34.8. The van der Waals surface area contributed by atoms with Crippen LogP contribution in [0.2, 0.25) is 0 Å². The van der Waals surface area contributed by atoms with Gasteiger partial charge in [0.2, 0.25) is 0 Å². The van der Waals surface area contributed by atoms with Gasteiger partial charge >= 0.3 is 0 Å². The van der Waals surface area contributed by atoms with Crippen molar-refractivity contribution in [3.8, 4) is 0 Å². The minimum Gasteiger partial charge on any atom is -0.489 e. The first-order valence-corrected chi connectivity index (χ1v) is 19.9. The smallest absolute Gasteiger partial charge is 0.185 e. The van der Waals surface area contributed by atoms with Crippen LogP contribution in [-0.4, -0.2) is 142 Å². The number of ether oxygens (including phenoxy) is 7. The number of aliphatic hydroxyl groups is 5. The number of methoxy groups -OCH3 is 1. The highest BCUT2D eigenvalue weighted by molar-refractivity contribution is 5.22. The average molecular weight is 760 g/mol. The lowest BCUT2D eigenvalue weighted by atomic mass is 9.78. The molecule has 2 bridgehead atoms. The van der Waals surface area contributed by atoms with Crippen LogP contribution in [0.15, 0.2) is 11.3 Å². The zero-order chi connectivity index (χ0) is 40.0. The third-order valence-electron chi connectivity index (χ3n) is 12.7. The molecule has 4 aliphatic heterocycles. The van der Waals surface area contributed by atoms with Crippen molar-refractivity contribution in [2.24, 2.45) is 23.7 Å². The summed E-state index contributed by atoms with van der Waals surface area (Å²) < 4.78 is 45.4. The summed E-state index contributed by atoms with van der Waals surface area (Å²) in [5.41, 5.74) is -2.88. The van der Waals surface area contributed by atoms with Gasteiger partial charge in [0, 0.05) is 50.3 Å². The third kappa shape index (κ3) is 9.28. The summed E-state index contributed by atoms with van der Waals surface area (Å²) in [5.74, 6) is -0.994. The van der Waals surface area contributed by atoms with Gasteiger partial charge in [-0.3, -0.25) is 0 Å². The molecule has 13 heteroatoms. The molecule has 13 nitrogen and oxygen atoms in total. The highest BCUT2D eigenvalue weighted by atomic mass is 16.7. The van der Waals surface area contributed by atoms with Crippen LogP contribution in [0.25, 0.3) is 0 Å². The Morgan fingerprint density at radius 3 is 2.15 bits per heavy atom. The molecule has 4 aliphatic rings. The maximum Gasteiger partial charge on any atom is 0.185 e. The monoisotopic (exact) mass is 760 g/mol. The number of hydrogen-bond acceptors (Lipinski definition) is 13. The van der Waals surface area contributed by atoms with E-state index in [1.807, 2.05) is 55.5 Å². The summed E-state index contributed by atoms with van der Waals surface area (Å²) in [4.78, 5) is 2.17. The van der Waals surface area contributed by atoms with Crippen molar-refractivity contribution in [1.82, 2.24) is 4.90 Å². The average Bonchev–Trinajstić information content (AvgIpc) is 3.40. The number of likely N-dealkylation sites (N-methyl/N-ethyl adjacent to an activating group) is 1. The van der Waals surface area contributed by atoms with Crippen LogP contribution < -0.4 is 0 Å².